The van der Waals surface area contributed by atoms with Crippen molar-refractivity contribution >= 4 is 30.3 Å². The van der Waals surface area contributed by atoms with E-state index in [1.165, 1.54) is 14.0 Å². The fourth-order valence-electron chi connectivity index (χ4n) is 8.54. The van der Waals surface area contributed by atoms with E-state index in [9.17, 15) is 49.5 Å². The van der Waals surface area contributed by atoms with E-state index in [4.69, 9.17) is 38.9 Å². The monoisotopic (exact) mass is 1030 g/mol. The highest BCUT2D eigenvalue weighted by Gasteiger charge is 2.56. The van der Waals surface area contributed by atoms with Gasteiger partial charge in [0.15, 0.2) is 6.29 Å². The van der Waals surface area contributed by atoms with Crippen LogP contribution in [-0.4, -0.2) is 196 Å². The average molecular weight is 1030 g/mol. The first-order valence-corrected chi connectivity index (χ1v) is 24.7. The molecule has 0 radical (unpaired) electrons. The van der Waals surface area contributed by atoms with Crippen molar-refractivity contribution in [1.29, 1.82) is 0 Å². The summed E-state index contributed by atoms with van der Waals surface area (Å²) in [4.78, 5) is 67.8. The lowest BCUT2D eigenvalue weighted by atomic mass is 9.72. The third-order valence-corrected chi connectivity index (χ3v) is 11.5. The fourth-order valence-corrected chi connectivity index (χ4v) is 8.54. The summed E-state index contributed by atoms with van der Waals surface area (Å²) in [5, 5.41) is 72.1. The molecule has 2 fully saturated rings. The first kappa shape index (κ1) is 62.0. The summed E-state index contributed by atoms with van der Waals surface area (Å²) >= 11 is 0. The van der Waals surface area contributed by atoms with Gasteiger partial charge >= 0.3 is 24.4 Å². The predicted octanol–water partition coefficient (Wildman–Crippen LogP) is 1.37. The highest BCUT2D eigenvalue weighted by molar-refractivity contribution is 5.81. The Morgan fingerprint density at radius 1 is 0.806 bits per heavy atom. The lowest BCUT2D eigenvalue weighted by Gasteiger charge is -2.52. The first-order chi connectivity index (χ1) is 33.0. The Kier molecular flexibility index (Phi) is 22.2. The van der Waals surface area contributed by atoms with Crippen LogP contribution < -0.4 is 32.3 Å². The molecule has 416 valence electrons. The molecule has 2 heterocycles. The van der Waals surface area contributed by atoms with Crippen molar-refractivity contribution in [3.05, 3.63) is 11.8 Å². The Labute approximate surface area is 424 Å². The quantitative estimate of drug-likeness (QED) is 0.0864. The van der Waals surface area contributed by atoms with Gasteiger partial charge in [-0.3, -0.25) is 4.79 Å². The topological polar surface area (TPSA) is 341 Å². The van der Waals surface area contributed by atoms with Gasteiger partial charge in [-0.15, -0.1) is 0 Å². The van der Waals surface area contributed by atoms with Crippen molar-refractivity contribution in [2.45, 2.75) is 217 Å². The second-order valence-electron chi connectivity index (χ2n) is 23.0. The van der Waals surface area contributed by atoms with E-state index in [1.54, 1.807) is 89.2 Å². The van der Waals surface area contributed by atoms with E-state index < -0.39 is 138 Å². The van der Waals surface area contributed by atoms with E-state index >= 15 is 0 Å². The molecule has 3 rings (SSSR count). The molecule has 1 saturated carbocycles. The molecule has 0 spiro atoms. The number of aliphatic hydroxyl groups excluding tert-OH is 4. The van der Waals surface area contributed by atoms with Crippen molar-refractivity contribution in [3.63, 3.8) is 0 Å². The molecule has 0 aromatic heterocycles. The smallest absolute Gasteiger partial charge is 0.410 e. The van der Waals surface area contributed by atoms with Gasteiger partial charge in [0, 0.05) is 32.1 Å². The molecular formula is C48H87N7O17. The highest BCUT2D eigenvalue weighted by Crippen LogP contribution is 2.39. The van der Waals surface area contributed by atoms with Crippen LogP contribution >= 0.6 is 0 Å². The molecule has 5 amide bonds. The summed E-state index contributed by atoms with van der Waals surface area (Å²) in [6.07, 6.45) is -11.7. The van der Waals surface area contributed by atoms with E-state index in [1.807, 2.05) is 0 Å². The minimum Gasteiger partial charge on any atom is -0.491 e. The van der Waals surface area contributed by atoms with Gasteiger partial charge in [0.25, 0.3) is 0 Å². The zero-order chi connectivity index (χ0) is 54.7. The molecule has 2 aliphatic heterocycles. The largest absolute Gasteiger partial charge is 0.491 e. The number of hydrogen-bond donors (Lipinski definition) is 11. The fraction of sp³-hybridized carbons (Fsp3) is 0.854. The number of likely N-dealkylation sites (N-methyl/N-ethyl adjacent to an activating group) is 1. The average Bonchev–Trinajstić information content (AvgIpc) is 3.20. The van der Waals surface area contributed by atoms with Crippen molar-refractivity contribution in [3.8, 4) is 0 Å². The van der Waals surface area contributed by atoms with Gasteiger partial charge in [0.2, 0.25) is 5.91 Å². The molecule has 12 N–H and O–H groups in total. The van der Waals surface area contributed by atoms with Crippen molar-refractivity contribution in [2.24, 2.45) is 11.7 Å². The molecule has 24 heteroatoms. The predicted molar refractivity (Wildman–Crippen MR) is 261 cm³/mol. The van der Waals surface area contributed by atoms with Crippen LogP contribution in [-0.2, 0) is 38.0 Å². The Hall–Kier alpha value is -4.27. The molecule has 13 atom stereocenters. The zero-order valence-corrected chi connectivity index (χ0v) is 44.7. The molecule has 0 bridgehead atoms. The summed E-state index contributed by atoms with van der Waals surface area (Å²) in [5.41, 5.74) is 0.0663. The van der Waals surface area contributed by atoms with Crippen molar-refractivity contribution in [1.82, 2.24) is 31.5 Å². The second kappa shape index (κ2) is 25.8. The number of amides is 5. The molecule has 1 aliphatic carbocycles. The first-order valence-electron chi connectivity index (χ1n) is 24.7. The Morgan fingerprint density at radius 2 is 1.36 bits per heavy atom. The van der Waals surface area contributed by atoms with Gasteiger partial charge in [-0.05, 0) is 135 Å². The number of alkyl carbamates (subject to hydrolysis) is 3. The van der Waals surface area contributed by atoms with Gasteiger partial charge in [0.1, 0.15) is 58.2 Å². The summed E-state index contributed by atoms with van der Waals surface area (Å²) < 4.78 is 41.1. The lowest BCUT2D eigenvalue weighted by molar-refractivity contribution is -0.305. The van der Waals surface area contributed by atoms with Crippen LogP contribution in [0.25, 0.3) is 0 Å². The number of carbonyl (C=O) groups is 5. The summed E-state index contributed by atoms with van der Waals surface area (Å²) in [5.74, 6) is -1.88. The molecule has 2 unspecified atom stereocenters. The van der Waals surface area contributed by atoms with E-state index in [0.717, 1.165) is 4.90 Å². The molecule has 24 nitrogen and oxygen atoms in total. The van der Waals surface area contributed by atoms with Crippen LogP contribution in [0.3, 0.4) is 0 Å². The number of nitrogens with two attached hydrogens (primary N) is 1. The Balaban J connectivity index is 2.16. The molecule has 72 heavy (non-hydrogen) atoms. The summed E-state index contributed by atoms with van der Waals surface area (Å²) in [6.45, 7) is 21.3. The van der Waals surface area contributed by atoms with Crippen LogP contribution in [0.5, 0.6) is 0 Å². The second-order valence-corrected chi connectivity index (χ2v) is 23.0. The minimum atomic E-state index is -1.88. The Bertz CT molecular complexity index is 1830. The molecular weight excluding hydrogens is 947 g/mol. The summed E-state index contributed by atoms with van der Waals surface area (Å²) in [7, 11) is 1.32. The van der Waals surface area contributed by atoms with Gasteiger partial charge in [-0.25, -0.2) is 19.2 Å². The standard InChI is InChI=1S/C48H87N7O17/c1-44(2,3)69-40(61)51-21-19-31(57)38(60)52-30-22-29(54-42(63)71-46(7,8)9)32(33(58)36(30)68-39-34(59)37(48(13,65)25-66-39)55(14)43(64)72-47(10,11)12)35-28(53-41(62)70-45(4,5)6)18-17-27(67-35)24-50-23-26(56)16-15-20-49/h17,26,28-37,39,50,56-59,65H,15-16,18-25,49H2,1-14H3,(H,51,61)(H,52,60)(H,53,62)(H,54,63)/t26?,28-,29+,30-,31+,32?,33+,34-,35+,36+,37-,39-,48+/m1/s1. The van der Waals surface area contributed by atoms with Crippen LogP contribution in [0.4, 0.5) is 19.2 Å². The lowest BCUT2D eigenvalue weighted by Crippen LogP contribution is -2.71. The summed E-state index contributed by atoms with van der Waals surface area (Å²) in [6, 6.07) is -4.88. The van der Waals surface area contributed by atoms with Gasteiger partial charge in [-0.2, -0.15) is 0 Å². The number of hydrogen-bond acceptors (Lipinski definition) is 19. The SMILES string of the molecule is CN(C(=O)OC(C)(C)C)[C@@H]1[C@@H](O)[C@@H](O[C@H]2[C@H](NC(=O)[C@@H](O)CCNC(=O)OC(C)(C)C)C[C@H](NC(=O)OC(C)(C)C)C([C@H]3OC(CNCC(O)CCCN)=CC[C@H]3NC(=O)OC(C)(C)C)[C@@H]2O)OC[C@]1(C)O. The maximum atomic E-state index is 13.9. The van der Waals surface area contributed by atoms with Gasteiger partial charge in [0.05, 0.1) is 43.5 Å². The molecule has 3 aliphatic rings. The third-order valence-electron chi connectivity index (χ3n) is 11.5. The number of carbonyl (C=O) groups excluding carboxylic acids is 5. The van der Waals surface area contributed by atoms with Crippen molar-refractivity contribution in [2.75, 3.05) is 39.8 Å². The number of ether oxygens (including phenoxy) is 7. The molecule has 0 aromatic rings. The van der Waals surface area contributed by atoms with Crippen LogP contribution in [0.1, 0.15) is 122 Å². The van der Waals surface area contributed by atoms with E-state index in [-0.39, 0.29) is 38.9 Å². The molecule has 0 aromatic carbocycles. The van der Waals surface area contributed by atoms with Gasteiger partial charge < -0.3 is 95.9 Å². The third kappa shape index (κ3) is 20.2. The van der Waals surface area contributed by atoms with E-state index in [2.05, 4.69) is 26.6 Å². The van der Waals surface area contributed by atoms with Crippen molar-refractivity contribution < 1.29 is 82.7 Å². The number of rotatable bonds is 18. The minimum absolute atomic E-state index is 0.0934. The zero-order valence-electron chi connectivity index (χ0n) is 44.7. The maximum Gasteiger partial charge on any atom is 0.410 e. The van der Waals surface area contributed by atoms with Crippen LogP contribution in [0.15, 0.2) is 11.8 Å². The van der Waals surface area contributed by atoms with Crippen LogP contribution in [0.2, 0.25) is 0 Å². The number of nitrogens with one attached hydrogen (secondary N) is 5. The Morgan fingerprint density at radius 3 is 1.92 bits per heavy atom. The van der Waals surface area contributed by atoms with Crippen LogP contribution in [0, 0.1) is 5.92 Å². The molecule has 1 saturated heterocycles. The highest BCUT2D eigenvalue weighted by atomic mass is 16.7. The number of aliphatic hydroxyl groups is 5. The van der Waals surface area contributed by atoms with Gasteiger partial charge in [-0.1, -0.05) is 0 Å². The maximum absolute atomic E-state index is 13.9. The normalized spacial score (nSPS) is 29.0. The van der Waals surface area contributed by atoms with E-state index in [0.29, 0.717) is 25.1 Å². The number of nitrogens with zero attached hydrogens (tertiary/aromatic N) is 1.